The molecule has 3 aromatic rings. The number of ether oxygens (including phenoxy) is 1. The summed E-state index contributed by atoms with van der Waals surface area (Å²) >= 11 is 0. The van der Waals surface area contributed by atoms with Crippen molar-refractivity contribution in [3.63, 3.8) is 0 Å². The van der Waals surface area contributed by atoms with Crippen LogP contribution >= 0.6 is 0 Å². The molecule has 0 fully saturated rings. The van der Waals surface area contributed by atoms with Crippen molar-refractivity contribution in [2.45, 2.75) is 64.1 Å². The number of fused-ring (bicyclic) bond motifs is 1. The first-order valence-electron chi connectivity index (χ1n) is 13.5. The Hall–Kier alpha value is -4.13. The Morgan fingerprint density at radius 1 is 0.923 bits per heavy atom. The summed E-state index contributed by atoms with van der Waals surface area (Å²) in [4.78, 5) is 40.9. The first-order chi connectivity index (χ1) is 18.8. The summed E-state index contributed by atoms with van der Waals surface area (Å²) in [6.45, 7) is 4.23. The van der Waals surface area contributed by atoms with Crippen LogP contribution in [0.15, 0.2) is 84.9 Å². The number of carbonyl (C=O) groups is 3. The molecule has 1 heterocycles. The zero-order valence-electron chi connectivity index (χ0n) is 22.7. The summed E-state index contributed by atoms with van der Waals surface area (Å²) in [5.41, 5.74) is 3.27. The molecule has 7 heteroatoms. The number of anilines is 1. The third-order valence-corrected chi connectivity index (χ3v) is 6.83. The Morgan fingerprint density at radius 3 is 2.28 bits per heavy atom. The van der Waals surface area contributed by atoms with Crippen LogP contribution in [0.1, 0.15) is 49.8 Å². The van der Waals surface area contributed by atoms with Gasteiger partial charge in [0.2, 0.25) is 11.8 Å². The molecule has 0 aromatic heterocycles. The van der Waals surface area contributed by atoms with E-state index in [1.165, 1.54) is 5.56 Å². The van der Waals surface area contributed by atoms with Crippen LogP contribution in [-0.4, -0.2) is 36.0 Å². The molecule has 4 rings (SSSR count). The third-order valence-electron chi connectivity index (χ3n) is 6.83. The Morgan fingerprint density at radius 2 is 1.56 bits per heavy atom. The number of nitrogens with zero attached hydrogens (tertiary/aromatic N) is 1. The van der Waals surface area contributed by atoms with E-state index in [4.69, 9.17) is 4.74 Å². The van der Waals surface area contributed by atoms with Gasteiger partial charge in [0, 0.05) is 24.2 Å². The van der Waals surface area contributed by atoms with Gasteiger partial charge in [-0.2, -0.15) is 0 Å². The maximum absolute atomic E-state index is 13.7. The number of hydrogen-bond acceptors (Lipinski definition) is 4. The molecular weight excluding hydrogens is 490 g/mol. The van der Waals surface area contributed by atoms with Crippen LogP contribution < -0.4 is 15.5 Å². The highest BCUT2D eigenvalue weighted by Gasteiger charge is 2.33. The summed E-state index contributed by atoms with van der Waals surface area (Å²) < 4.78 is 5.31. The van der Waals surface area contributed by atoms with E-state index in [2.05, 4.69) is 22.8 Å². The van der Waals surface area contributed by atoms with E-state index in [1.807, 2.05) is 77.7 Å². The van der Waals surface area contributed by atoms with Gasteiger partial charge in [0.1, 0.15) is 12.6 Å². The highest BCUT2D eigenvalue weighted by Crippen LogP contribution is 2.27. The minimum atomic E-state index is -0.857. The van der Waals surface area contributed by atoms with Crippen LogP contribution in [0.5, 0.6) is 0 Å². The standard InChI is InChI=1S/C32H37N3O4/c1-32(2,34-31(38)39-23-25-14-7-4-8-15-25)22-29(36)33-27-20-19-26-17-9-10-18-28(26)35(30(27)37)21-11-16-24-12-5-3-6-13-24/h3-10,12-15,17-18,27H,11,16,19-23H2,1-2H3,(H,33,36)(H,34,38). The monoisotopic (exact) mass is 527 g/mol. The predicted octanol–water partition coefficient (Wildman–Crippen LogP) is 5.18. The maximum Gasteiger partial charge on any atom is 0.407 e. The van der Waals surface area contributed by atoms with Gasteiger partial charge in [-0.3, -0.25) is 9.59 Å². The van der Waals surface area contributed by atoms with Gasteiger partial charge in [0.15, 0.2) is 0 Å². The molecule has 1 aliphatic rings. The minimum Gasteiger partial charge on any atom is -0.445 e. The van der Waals surface area contributed by atoms with Crippen molar-refractivity contribution in [2.75, 3.05) is 11.4 Å². The SMILES string of the molecule is CC(C)(CC(=O)NC1CCc2ccccc2N(CCCc2ccccc2)C1=O)NC(=O)OCc1ccccc1. The number of nitrogens with one attached hydrogen (secondary N) is 2. The smallest absolute Gasteiger partial charge is 0.407 e. The molecule has 204 valence electrons. The van der Waals surface area contributed by atoms with E-state index >= 15 is 0 Å². The van der Waals surface area contributed by atoms with E-state index in [-0.39, 0.29) is 24.8 Å². The molecule has 3 amide bonds. The van der Waals surface area contributed by atoms with E-state index < -0.39 is 17.7 Å². The lowest BCUT2D eigenvalue weighted by atomic mass is 9.99. The number of alkyl carbamates (subject to hydrolysis) is 1. The van der Waals surface area contributed by atoms with Crippen molar-refractivity contribution in [1.29, 1.82) is 0 Å². The molecule has 0 spiro atoms. The van der Waals surface area contributed by atoms with E-state index in [0.29, 0.717) is 19.4 Å². The molecule has 0 saturated heterocycles. The van der Waals surface area contributed by atoms with Gasteiger partial charge in [-0.15, -0.1) is 0 Å². The number of amides is 3. The molecule has 7 nitrogen and oxygen atoms in total. The van der Waals surface area contributed by atoms with E-state index in [1.54, 1.807) is 13.8 Å². The summed E-state index contributed by atoms with van der Waals surface area (Å²) in [6.07, 6.45) is 2.30. The maximum atomic E-state index is 13.7. The number of benzene rings is 3. The highest BCUT2D eigenvalue weighted by molar-refractivity contribution is 6.00. The molecule has 0 aliphatic carbocycles. The first-order valence-corrected chi connectivity index (χ1v) is 13.5. The molecule has 0 bridgehead atoms. The molecule has 1 aliphatic heterocycles. The molecule has 2 N–H and O–H groups in total. The fraction of sp³-hybridized carbons (Fsp3) is 0.344. The second-order valence-corrected chi connectivity index (χ2v) is 10.6. The second-order valence-electron chi connectivity index (χ2n) is 10.6. The third kappa shape index (κ3) is 8.18. The Kier molecular flexibility index (Phi) is 9.36. The molecule has 3 aromatic carbocycles. The summed E-state index contributed by atoms with van der Waals surface area (Å²) in [7, 11) is 0. The zero-order chi connectivity index (χ0) is 27.7. The molecule has 0 radical (unpaired) electrons. The topological polar surface area (TPSA) is 87.7 Å². The van der Waals surface area contributed by atoms with Crippen LogP contribution in [0.2, 0.25) is 0 Å². The van der Waals surface area contributed by atoms with Gasteiger partial charge in [-0.25, -0.2) is 4.79 Å². The second kappa shape index (κ2) is 13.1. The first kappa shape index (κ1) is 27.9. The van der Waals surface area contributed by atoms with Gasteiger partial charge < -0.3 is 20.3 Å². The lowest BCUT2D eigenvalue weighted by Crippen LogP contribution is -2.52. The quantitative estimate of drug-likeness (QED) is 0.380. The lowest BCUT2D eigenvalue weighted by Gasteiger charge is -2.28. The lowest BCUT2D eigenvalue weighted by molar-refractivity contribution is -0.128. The number of para-hydroxylation sites is 1. The number of carbonyl (C=O) groups excluding carboxylic acids is 3. The molecule has 1 atom stereocenters. The molecule has 39 heavy (non-hydrogen) atoms. The largest absolute Gasteiger partial charge is 0.445 e. The van der Waals surface area contributed by atoms with Crippen molar-refractivity contribution in [3.8, 4) is 0 Å². The van der Waals surface area contributed by atoms with Crippen LogP contribution in [0.4, 0.5) is 10.5 Å². The van der Waals surface area contributed by atoms with Crippen LogP contribution in [0.3, 0.4) is 0 Å². The molecular formula is C32H37N3O4. The Bertz CT molecular complexity index is 1260. The van der Waals surface area contributed by atoms with Crippen LogP contribution in [-0.2, 0) is 33.8 Å². The Balaban J connectivity index is 1.34. The molecule has 0 saturated carbocycles. The van der Waals surface area contributed by atoms with Crippen LogP contribution in [0, 0.1) is 0 Å². The number of hydrogen-bond donors (Lipinski definition) is 2. The van der Waals surface area contributed by atoms with Crippen molar-refractivity contribution < 1.29 is 19.1 Å². The minimum absolute atomic E-state index is 0.0121. The zero-order valence-corrected chi connectivity index (χ0v) is 22.7. The van der Waals surface area contributed by atoms with Crippen molar-refractivity contribution in [1.82, 2.24) is 10.6 Å². The summed E-state index contributed by atoms with van der Waals surface area (Å²) in [5.74, 6) is -0.397. The number of rotatable bonds is 10. The van der Waals surface area contributed by atoms with Gasteiger partial charge in [-0.1, -0.05) is 78.9 Å². The summed E-state index contributed by atoms with van der Waals surface area (Å²) in [6, 6.07) is 26.9. The highest BCUT2D eigenvalue weighted by atomic mass is 16.5. The predicted molar refractivity (Wildman–Crippen MR) is 152 cm³/mol. The Labute approximate surface area is 230 Å². The summed E-state index contributed by atoms with van der Waals surface area (Å²) in [5, 5.41) is 5.71. The van der Waals surface area contributed by atoms with Gasteiger partial charge in [-0.05, 0) is 62.3 Å². The van der Waals surface area contributed by atoms with E-state index in [9.17, 15) is 14.4 Å². The van der Waals surface area contributed by atoms with Gasteiger partial charge >= 0.3 is 6.09 Å². The van der Waals surface area contributed by atoms with E-state index in [0.717, 1.165) is 29.7 Å². The van der Waals surface area contributed by atoms with Crippen LogP contribution in [0.25, 0.3) is 0 Å². The number of aryl methyl sites for hydroxylation is 2. The van der Waals surface area contributed by atoms with Gasteiger partial charge in [0.25, 0.3) is 0 Å². The molecule has 1 unspecified atom stereocenters. The van der Waals surface area contributed by atoms with Crippen molar-refractivity contribution in [3.05, 3.63) is 102 Å². The normalized spacial score (nSPS) is 15.2. The van der Waals surface area contributed by atoms with Crippen molar-refractivity contribution in [2.24, 2.45) is 0 Å². The average molecular weight is 528 g/mol. The fourth-order valence-corrected chi connectivity index (χ4v) is 4.89. The van der Waals surface area contributed by atoms with Gasteiger partial charge in [0.05, 0.1) is 0 Å². The fourth-order valence-electron chi connectivity index (χ4n) is 4.89. The van der Waals surface area contributed by atoms with Crippen molar-refractivity contribution >= 4 is 23.6 Å². The average Bonchev–Trinajstić information content (AvgIpc) is 3.05.